The second kappa shape index (κ2) is 4.43. The van der Waals surface area contributed by atoms with E-state index in [4.69, 9.17) is 4.74 Å². The van der Waals surface area contributed by atoms with Crippen molar-refractivity contribution < 1.29 is 9.84 Å². The minimum Gasteiger partial charge on any atom is -0.368 e. The predicted molar refractivity (Wildman–Crippen MR) is 53.4 cm³/mol. The van der Waals surface area contributed by atoms with E-state index in [0.29, 0.717) is 0 Å². The Morgan fingerprint density at radius 3 is 2.69 bits per heavy atom. The lowest BCUT2D eigenvalue weighted by molar-refractivity contribution is -0.133. The summed E-state index contributed by atoms with van der Waals surface area (Å²) in [6.45, 7) is 6.60. The molecule has 13 heavy (non-hydrogen) atoms. The van der Waals surface area contributed by atoms with Crippen LogP contribution in [0.15, 0.2) is 0 Å². The molecule has 1 saturated heterocycles. The van der Waals surface area contributed by atoms with Gasteiger partial charge in [-0.25, -0.2) is 0 Å². The van der Waals surface area contributed by atoms with Crippen LogP contribution < -0.4 is 0 Å². The highest BCUT2D eigenvalue weighted by Crippen LogP contribution is 2.33. The van der Waals surface area contributed by atoms with Gasteiger partial charge < -0.3 is 9.84 Å². The molecular formula is C11H22O2. The Morgan fingerprint density at radius 1 is 1.54 bits per heavy atom. The van der Waals surface area contributed by atoms with Crippen LogP contribution in [0.5, 0.6) is 0 Å². The topological polar surface area (TPSA) is 29.5 Å². The van der Waals surface area contributed by atoms with Gasteiger partial charge in [0, 0.05) is 6.42 Å². The molecule has 0 bridgehead atoms. The van der Waals surface area contributed by atoms with Crippen molar-refractivity contribution in [3.63, 3.8) is 0 Å². The molecule has 1 rings (SSSR count). The first-order chi connectivity index (χ1) is 6.02. The summed E-state index contributed by atoms with van der Waals surface area (Å²) in [5.74, 6) is 0.773. The molecule has 2 unspecified atom stereocenters. The zero-order chi connectivity index (χ0) is 9.90. The number of hydrogen-bond donors (Lipinski definition) is 1. The van der Waals surface area contributed by atoms with Gasteiger partial charge in [-0.3, -0.25) is 0 Å². The first kappa shape index (κ1) is 11.0. The van der Waals surface area contributed by atoms with E-state index < -0.39 is 6.29 Å². The lowest BCUT2D eigenvalue weighted by Crippen LogP contribution is -2.24. The Hall–Kier alpha value is -0.0800. The molecule has 0 spiro atoms. The zero-order valence-corrected chi connectivity index (χ0v) is 9.05. The average Bonchev–Trinajstić information content (AvgIpc) is 2.30. The van der Waals surface area contributed by atoms with Gasteiger partial charge in [-0.2, -0.15) is 0 Å². The molecule has 0 saturated carbocycles. The first-order valence-corrected chi connectivity index (χ1v) is 5.38. The van der Waals surface area contributed by atoms with Crippen molar-refractivity contribution in [3.05, 3.63) is 0 Å². The first-order valence-electron chi connectivity index (χ1n) is 5.38. The molecule has 0 aliphatic carbocycles. The highest BCUT2D eigenvalue weighted by atomic mass is 16.6. The molecule has 1 aliphatic heterocycles. The smallest absolute Gasteiger partial charge is 0.155 e. The summed E-state index contributed by atoms with van der Waals surface area (Å²) < 4.78 is 5.49. The van der Waals surface area contributed by atoms with Gasteiger partial charge >= 0.3 is 0 Å². The van der Waals surface area contributed by atoms with Crippen LogP contribution in [0, 0.1) is 5.92 Å². The van der Waals surface area contributed by atoms with Crippen molar-refractivity contribution >= 4 is 0 Å². The summed E-state index contributed by atoms with van der Waals surface area (Å²) >= 11 is 0. The van der Waals surface area contributed by atoms with Gasteiger partial charge in [0.05, 0.1) is 5.60 Å². The Bertz CT molecular complexity index is 156. The fourth-order valence-electron chi connectivity index (χ4n) is 1.94. The number of hydrogen-bond acceptors (Lipinski definition) is 2. The lowest BCUT2D eigenvalue weighted by atomic mass is 9.93. The molecule has 0 aromatic carbocycles. The Balaban J connectivity index is 2.20. The molecule has 1 aliphatic rings. The van der Waals surface area contributed by atoms with Gasteiger partial charge in [-0.15, -0.1) is 0 Å². The Labute approximate surface area is 81.3 Å². The molecule has 2 heteroatoms. The maximum atomic E-state index is 9.25. The van der Waals surface area contributed by atoms with E-state index in [2.05, 4.69) is 20.8 Å². The van der Waals surface area contributed by atoms with Crippen LogP contribution in [0.25, 0.3) is 0 Å². The molecular weight excluding hydrogens is 164 g/mol. The number of aliphatic hydroxyl groups is 1. The SMILES string of the molecule is CC(C)CCCC1(C)CCC(O)O1. The molecule has 2 nitrogen and oxygen atoms in total. The van der Waals surface area contributed by atoms with Gasteiger partial charge in [0.25, 0.3) is 0 Å². The van der Waals surface area contributed by atoms with Gasteiger partial charge in [0.1, 0.15) is 0 Å². The van der Waals surface area contributed by atoms with Gasteiger partial charge in [0.15, 0.2) is 6.29 Å². The minimum absolute atomic E-state index is 0.0473. The van der Waals surface area contributed by atoms with Crippen molar-refractivity contribution in [2.24, 2.45) is 5.92 Å². The van der Waals surface area contributed by atoms with E-state index in [1.807, 2.05) is 0 Å². The fraction of sp³-hybridized carbons (Fsp3) is 1.00. The highest BCUT2D eigenvalue weighted by molar-refractivity contribution is 4.81. The van der Waals surface area contributed by atoms with E-state index in [1.165, 1.54) is 12.8 Å². The fourth-order valence-corrected chi connectivity index (χ4v) is 1.94. The molecule has 1 heterocycles. The second-order valence-corrected chi connectivity index (χ2v) is 4.85. The zero-order valence-electron chi connectivity index (χ0n) is 9.05. The van der Waals surface area contributed by atoms with Crippen LogP contribution in [-0.2, 0) is 4.74 Å². The van der Waals surface area contributed by atoms with E-state index in [0.717, 1.165) is 25.2 Å². The maximum Gasteiger partial charge on any atom is 0.155 e. The van der Waals surface area contributed by atoms with E-state index in [-0.39, 0.29) is 5.60 Å². The molecule has 0 amide bonds. The Morgan fingerprint density at radius 2 is 2.23 bits per heavy atom. The quantitative estimate of drug-likeness (QED) is 0.731. The summed E-state index contributed by atoms with van der Waals surface area (Å²) in [4.78, 5) is 0. The summed E-state index contributed by atoms with van der Waals surface area (Å²) in [5, 5.41) is 9.25. The maximum absolute atomic E-state index is 9.25. The number of rotatable bonds is 4. The molecule has 1 fully saturated rings. The Kier molecular flexibility index (Phi) is 3.74. The summed E-state index contributed by atoms with van der Waals surface area (Å²) in [5.41, 5.74) is -0.0473. The van der Waals surface area contributed by atoms with Crippen LogP contribution >= 0.6 is 0 Å². The van der Waals surface area contributed by atoms with Crippen LogP contribution in [0.4, 0.5) is 0 Å². The molecule has 2 atom stereocenters. The summed E-state index contributed by atoms with van der Waals surface area (Å²) in [6.07, 6.45) is 4.85. The van der Waals surface area contributed by atoms with Crippen molar-refractivity contribution in [3.8, 4) is 0 Å². The average molecular weight is 186 g/mol. The minimum atomic E-state index is -0.510. The van der Waals surface area contributed by atoms with Crippen molar-refractivity contribution in [2.45, 2.75) is 64.8 Å². The molecule has 1 N–H and O–H groups in total. The summed E-state index contributed by atoms with van der Waals surface area (Å²) in [7, 11) is 0. The highest BCUT2D eigenvalue weighted by Gasteiger charge is 2.34. The summed E-state index contributed by atoms with van der Waals surface area (Å²) in [6, 6.07) is 0. The number of ether oxygens (including phenoxy) is 1. The van der Waals surface area contributed by atoms with Crippen molar-refractivity contribution in [1.82, 2.24) is 0 Å². The molecule has 78 valence electrons. The molecule has 0 aromatic rings. The number of aliphatic hydroxyl groups excluding tert-OH is 1. The molecule has 0 radical (unpaired) electrons. The third kappa shape index (κ3) is 3.65. The second-order valence-electron chi connectivity index (χ2n) is 4.85. The van der Waals surface area contributed by atoms with Crippen molar-refractivity contribution in [2.75, 3.05) is 0 Å². The lowest BCUT2D eigenvalue weighted by Gasteiger charge is -2.23. The van der Waals surface area contributed by atoms with Gasteiger partial charge in [-0.1, -0.05) is 26.7 Å². The normalized spacial score (nSPS) is 34.4. The van der Waals surface area contributed by atoms with Gasteiger partial charge in [-0.05, 0) is 25.7 Å². The van der Waals surface area contributed by atoms with E-state index in [9.17, 15) is 5.11 Å². The standard InChI is InChI=1S/C11H22O2/c1-9(2)5-4-7-11(3)8-6-10(12)13-11/h9-10,12H,4-8H2,1-3H3. The van der Waals surface area contributed by atoms with E-state index >= 15 is 0 Å². The van der Waals surface area contributed by atoms with Crippen LogP contribution in [0.1, 0.15) is 52.9 Å². The largest absolute Gasteiger partial charge is 0.368 e. The third-order valence-corrected chi connectivity index (χ3v) is 2.83. The monoisotopic (exact) mass is 186 g/mol. The van der Waals surface area contributed by atoms with Crippen LogP contribution in [0.3, 0.4) is 0 Å². The van der Waals surface area contributed by atoms with Crippen molar-refractivity contribution in [1.29, 1.82) is 0 Å². The third-order valence-electron chi connectivity index (χ3n) is 2.83. The van der Waals surface area contributed by atoms with Crippen LogP contribution in [0.2, 0.25) is 0 Å². The van der Waals surface area contributed by atoms with E-state index in [1.54, 1.807) is 0 Å². The van der Waals surface area contributed by atoms with Gasteiger partial charge in [0.2, 0.25) is 0 Å². The molecule has 0 aromatic heterocycles. The predicted octanol–water partition coefficient (Wildman–Crippen LogP) is 2.70. The van der Waals surface area contributed by atoms with Crippen LogP contribution in [-0.4, -0.2) is 17.0 Å².